The van der Waals surface area contributed by atoms with Crippen molar-refractivity contribution >= 4 is 18.0 Å². The van der Waals surface area contributed by atoms with Crippen molar-refractivity contribution in [2.24, 2.45) is 0 Å². The molecule has 6 heteroatoms. The average Bonchev–Trinajstić information content (AvgIpc) is 3.01. The predicted octanol–water partition coefficient (Wildman–Crippen LogP) is 3.79. The first kappa shape index (κ1) is 16.5. The van der Waals surface area contributed by atoms with E-state index in [-0.39, 0.29) is 0 Å². The van der Waals surface area contributed by atoms with Gasteiger partial charge in [0.2, 0.25) is 5.89 Å². The van der Waals surface area contributed by atoms with Gasteiger partial charge in [-0.05, 0) is 37.1 Å². The Bertz CT molecular complexity index is 569. The van der Waals surface area contributed by atoms with E-state index in [0.717, 1.165) is 49.4 Å². The van der Waals surface area contributed by atoms with Crippen molar-refractivity contribution in [2.75, 3.05) is 12.4 Å². The van der Waals surface area contributed by atoms with Gasteiger partial charge >= 0.3 is 0 Å². The van der Waals surface area contributed by atoms with Crippen molar-refractivity contribution in [3.8, 4) is 5.75 Å². The molecule has 0 atom stereocenters. The van der Waals surface area contributed by atoms with Gasteiger partial charge in [-0.2, -0.15) is 0 Å². The fourth-order valence-corrected chi connectivity index (χ4v) is 2.47. The molecule has 0 N–H and O–H groups in total. The summed E-state index contributed by atoms with van der Waals surface area (Å²) in [7, 11) is 0. The third kappa shape index (κ3) is 5.52. The number of benzene rings is 1. The molecule has 0 bridgehead atoms. The average molecular weight is 320 g/mol. The van der Waals surface area contributed by atoms with E-state index in [9.17, 15) is 4.79 Å². The Morgan fingerprint density at radius 1 is 1.23 bits per heavy atom. The molecule has 0 radical (unpaired) electrons. The minimum atomic E-state index is 0.615. The van der Waals surface area contributed by atoms with Gasteiger partial charge in [-0.3, -0.25) is 4.79 Å². The van der Waals surface area contributed by atoms with Crippen LogP contribution in [0.2, 0.25) is 0 Å². The number of nitrogens with zero attached hydrogens (tertiary/aromatic N) is 2. The Morgan fingerprint density at radius 2 is 2.05 bits per heavy atom. The third-order valence-corrected chi connectivity index (χ3v) is 3.90. The van der Waals surface area contributed by atoms with Gasteiger partial charge < -0.3 is 9.15 Å². The van der Waals surface area contributed by atoms with Crippen LogP contribution in [0.25, 0.3) is 0 Å². The second-order valence-electron chi connectivity index (χ2n) is 4.80. The van der Waals surface area contributed by atoms with Crippen molar-refractivity contribution in [3.05, 3.63) is 35.7 Å². The van der Waals surface area contributed by atoms with Gasteiger partial charge in [-0.15, -0.1) is 10.2 Å². The number of carbonyl (C=O) groups is 1. The number of carbonyl (C=O) groups excluding carboxylic acids is 1. The zero-order valence-corrected chi connectivity index (χ0v) is 13.5. The van der Waals surface area contributed by atoms with E-state index in [2.05, 4.69) is 17.1 Å². The summed E-state index contributed by atoms with van der Waals surface area (Å²) in [6.07, 6.45) is 4.75. The molecule has 0 saturated carbocycles. The van der Waals surface area contributed by atoms with Crippen LogP contribution >= 0.6 is 11.8 Å². The van der Waals surface area contributed by atoms with Crippen LogP contribution in [0.5, 0.6) is 5.75 Å². The minimum Gasteiger partial charge on any atom is -0.494 e. The van der Waals surface area contributed by atoms with Crippen molar-refractivity contribution in [3.63, 3.8) is 0 Å². The van der Waals surface area contributed by atoms with Crippen LogP contribution in [0.4, 0.5) is 0 Å². The smallest absolute Gasteiger partial charge is 0.276 e. The highest BCUT2D eigenvalue weighted by molar-refractivity contribution is 7.99. The molecule has 0 aliphatic rings. The van der Waals surface area contributed by atoms with E-state index < -0.39 is 0 Å². The molecule has 2 aromatic rings. The Morgan fingerprint density at radius 3 is 2.77 bits per heavy atom. The first-order valence-corrected chi connectivity index (χ1v) is 8.43. The third-order valence-electron chi connectivity index (χ3n) is 2.99. The molecule has 0 aliphatic heterocycles. The summed E-state index contributed by atoms with van der Waals surface area (Å²) in [5.74, 6) is 2.35. The second-order valence-corrected chi connectivity index (χ2v) is 5.85. The van der Waals surface area contributed by atoms with Gasteiger partial charge in [-0.25, -0.2) is 0 Å². The number of aromatic nitrogens is 2. The number of aldehydes is 1. The van der Waals surface area contributed by atoms with E-state index >= 15 is 0 Å². The van der Waals surface area contributed by atoms with Crippen LogP contribution in [-0.4, -0.2) is 28.8 Å². The number of rotatable bonds is 10. The molecule has 0 unspecified atom stereocenters. The zero-order valence-electron chi connectivity index (χ0n) is 12.7. The number of ether oxygens (including phenoxy) is 1. The van der Waals surface area contributed by atoms with Crippen molar-refractivity contribution in [1.29, 1.82) is 0 Å². The molecular formula is C16H20N2O3S. The summed E-state index contributed by atoms with van der Waals surface area (Å²) in [5.41, 5.74) is 0.651. The van der Waals surface area contributed by atoms with Gasteiger partial charge in [0.1, 0.15) is 12.0 Å². The van der Waals surface area contributed by atoms with E-state index in [0.29, 0.717) is 17.4 Å². The maximum absolute atomic E-state index is 10.5. The van der Waals surface area contributed by atoms with Crippen LogP contribution < -0.4 is 4.74 Å². The molecule has 0 aliphatic carbocycles. The first-order chi connectivity index (χ1) is 10.8. The molecular weight excluding hydrogens is 300 g/mol. The molecule has 0 fully saturated rings. The largest absolute Gasteiger partial charge is 0.494 e. The van der Waals surface area contributed by atoms with Gasteiger partial charge in [0.05, 0.1) is 6.61 Å². The summed E-state index contributed by atoms with van der Waals surface area (Å²) in [4.78, 5) is 10.5. The van der Waals surface area contributed by atoms with Gasteiger partial charge in [0.15, 0.2) is 0 Å². The van der Waals surface area contributed by atoms with Crippen molar-refractivity contribution in [1.82, 2.24) is 10.2 Å². The van der Waals surface area contributed by atoms with Crippen LogP contribution in [0.3, 0.4) is 0 Å². The predicted molar refractivity (Wildman–Crippen MR) is 85.6 cm³/mol. The lowest BCUT2D eigenvalue weighted by Gasteiger charge is -2.05. The molecule has 0 spiro atoms. The molecule has 1 heterocycles. The number of hydrogen-bond donors (Lipinski definition) is 0. The van der Waals surface area contributed by atoms with Gasteiger partial charge in [-0.1, -0.05) is 25.1 Å². The molecule has 0 saturated heterocycles. The number of aryl methyl sites for hydroxylation is 1. The van der Waals surface area contributed by atoms with E-state index in [1.54, 1.807) is 36.0 Å². The van der Waals surface area contributed by atoms with Crippen LogP contribution in [0.1, 0.15) is 42.4 Å². The fraction of sp³-hybridized carbons (Fsp3) is 0.438. The maximum Gasteiger partial charge on any atom is 0.276 e. The zero-order chi connectivity index (χ0) is 15.6. The van der Waals surface area contributed by atoms with Crippen molar-refractivity contribution in [2.45, 2.75) is 37.8 Å². The number of thioether (sulfide) groups is 1. The molecule has 5 nitrogen and oxygen atoms in total. The molecule has 0 amide bonds. The van der Waals surface area contributed by atoms with Crippen LogP contribution in [0, 0.1) is 0 Å². The number of hydrogen-bond acceptors (Lipinski definition) is 6. The second kappa shape index (κ2) is 9.25. The fourth-order valence-electron chi connectivity index (χ4n) is 1.78. The summed E-state index contributed by atoms with van der Waals surface area (Å²) in [6, 6.07) is 7.09. The van der Waals surface area contributed by atoms with Gasteiger partial charge in [0, 0.05) is 17.7 Å². The molecule has 2 rings (SSSR count). The highest BCUT2D eigenvalue weighted by Crippen LogP contribution is 2.18. The maximum atomic E-state index is 10.5. The summed E-state index contributed by atoms with van der Waals surface area (Å²) < 4.78 is 11.1. The minimum absolute atomic E-state index is 0.615. The standard InChI is InChI=1S/C16H20N2O3S/c1-2-3-5-15-17-18-16(21-15)22-11-4-10-20-14-8-6-13(12-19)7-9-14/h6-9,12H,2-5,10-11H2,1H3. The molecule has 1 aromatic heterocycles. The van der Waals surface area contributed by atoms with Crippen molar-refractivity contribution < 1.29 is 13.9 Å². The molecule has 22 heavy (non-hydrogen) atoms. The normalized spacial score (nSPS) is 10.6. The molecule has 1 aromatic carbocycles. The van der Waals surface area contributed by atoms with E-state index in [4.69, 9.17) is 9.15 Å². The molecule has 118 valence electrons. The van der Waals surface area contributed by atoms with E-state index in [1.165, 1.54) is 0 Å². The monoisotopic (exact) mass is 320 g/mol. The van der Waals surface area contributed by atoms with Crippen LogP contribution in [0.15, 0.2) is 33.9 Å². The number of unbranched alkanes of at least 4 members (excludes halogenated alkanes) is 1. The summed E-state index contributed by atoms with van der Waals surface area (Å²) in [5, 5.41) is 8.66. The Kier molecular flexibility index (Phi) is 6.96. The first-order valence-electron chi connectivity index (χ1n) is 7.45. The Hall–Kier alpha value is -1.82. The van der Waals surface area contributed by atoms with E-state index in [1.807, 2.05) is 0 Å². The SMILES string of the molecule is CCCCc1nnc(SCCCOc2ccc(C=O)cc2)o1. The lowest BCUT2D eigenvalue weighted by molar-refractivity contribution is 0.112. The topological polar surface area (TPSA) is 65.2 Å². The highest BCUT2D eigenvalue weighted by Gasteiger charge is 2.05. The summed E-state index contributed by atoms with van der Waals surface area (Å²) >= 11 is 1.55. The summed E-state index contributed by atoms with van der Waals surface area (Å²) in [6.45, 7) is 2.75. The van der Waals surface area contributed by atoms with Gasteiger partial charge in [0.25, 0.3) is 5.22 Å². The quantitative estimate of drug-likeness (QED) is 0.377. The highest BCUT2D eigenvalue weighted by atomic mass is 32.2. The Balaban J connectivity index is 1.62. The lowest BCUT2D eigenvalue weighted by Crippen LogP contribution is -1.98. The Labute approximate surface area is 134 Å². The van der Waals surface area contributed by atoms with Crippen LogP contribution in [-0.2, 0) is 6.42 Å². The lowest BCUT2D eigenvalue weighted by atomic mass is 10.2.